The average Bonchev–Trinajstić information content (AvgIpc) is 2.47. The van der Waals surface area contributed by atoms with Crippen LogP contribution < -0.4 is 5.32 Å². The Balaban J connectivity index is 2.08. The van der Waals surface area contributed by atoms with Gasteiger partial charge in [-0.1, -0.05) is 35.3 Å². The lowest BCUT2D eigenvalue weighted by molar-refractivity contribution is -0.116. The minimum absolute atomic E-state index is 0.0306. The van der Waals surface area contributed by atoms with Crippen molar-refractivity contribution >= 4 is 44.8 Å². The molecule has 1 N–H and O–H groups in total. The van der Waals surface area contributed by atoms with Crippen molar-refractivity contribution < 1.29 is 13.2 Å². The van der Waals surface area contributed by atoms with Crippen molar-refractivity contribution in [2.45, 2.75) is 4.90 Å². The van der Waals surface area contributed by atoms with Crippen LogP contribution in [0, 0.1) is 0 Å². The van der Waals surface area contributed by atoms with Gasteiger partial charge in [-0.2, -0.15) is 4.31 Å². The van der Waals surface area contributed by atoms with Crippen molar-refractivity contribution in [2.24, 2.45) is 0 Å². The number of likely N-dealkylation sites (N-methyl/N-ethyl adjacent to an activating group) is 1. The van der Waals surface area contributed by atoms with Gasteiger partial charge >= 0.3 is 0 Å². The number of anilines is 1. The molecule has 0 spiro atoms. The van der Waals surface area contributed by atoms with Crippen LogP contribution in [0.1, 0.15) is 0 Å². The number of nitrogens with zero attached hydrogens (tertiary/aromatic N) is 1. The highest BCUT2D eigenvalue weighted by Gasteiger charge is 2.23. The zero-order valence-corrected chi connectivity index (χ0v) is 14.5. The third-order valence-corrected chi connectivity index (χ3v) is 5.25. The topological polar surface area (TPSA) is 66.5 Å². The summed E-state index contributed by atoms with van der Waals surface area (Å²) >= 11 is 11.6. The van der Waals surface area contributed by atoms with Gasteiger partial charge in [-0.3, -0.25) is 4.79 Å². The van der Waals surface area contributed by atoms with Crippen LogP contribution in [0.15, 0.2) is 53.4 Å². The van der Waals surface area contributed by atoms with E-state index in [0.717, 1.165) is 4.31 Å². The first-order chi connectivity index (χ1) is 10.8. The molecule has 2 rings (SSSR count). The molecule has 0 saturated heterocycles. The predicted octanol–water partition coefficient (Wildman–Crippen LogP) is 3.25. The maximum Gasteiger partial charge on any atom is 0.243 e. The molecule has 0 aromatic heterocycles. The third-order valence-electron chi connectivity index (χ3n) is 2.98. The highest BCUT2D eigenvalue weighted by molar-refractivity contribution is 7.89. The van der Waals surface area contributed by atoms with Crippen molar-refractivity contribution in [1.29, 1.82) is 0 Å². The highest BCUT2D eigenvalue weighted by Crippen LogP contribution is 2.19. The van der Waals surface area contributed by atoms with Gasteiger partial charge in [-0.25, -0.2) is 8.42 Å². The fourth-order valence-corrected chi connectivity index (χ4v) is 3.48. The minimum atomic E-state index is -3.80. The van der Waals surface area contributed by atoms with E-state index in [0.29, 0.717) is 15.7 Å². The first-order valence-corrected chi connectivity index (χ1v) is 8.76. The van der Waals surface area contributed by atoms with Crippen LogP contribution in [0.25, 0.3) is 0 Å². The minimum Gasteiger partial charge on any atom is -0.325 e. The summed E-state index contributed by atoms with van der Waals surface area (Å²) in [6.45, 7) is -0.332. The van der Waals surface area contributed by atoms with E-state index in [1.807, 2.05) is 0 Å². The molecule has 0 aliphatic carbocycles. The highest BCUT2D eigenvalue weighted by atomic mass is 35.5. The van der Waals surface area contributed by atoms with Gasteiger partial charge in [0, 0.05) is 22.8 Å². The lowest BCUT2D eigenvalue weighted by Crippen LogP contribution is -2.34. The van der Waals surface area contributed by atoms with Crippen LogP contribution in [0.4, 0.5) is 5.69 Å². The normalized spacial score (nSPS) is 11.5. The van der Waals surface area contributed by atoms with Crippen molar-refractivity contribution in [3.05, 3.63) is 58.6 Å². The van der Waals surface area contributed by atoms with Crippen LogP contribution in [0.2, 0.25) is 10.0 Å². The largest absolute Gasteiger partial charge is 0.325 e. The van der Waals surface area contributed by atoms with Gasteiger partial charge < -0.3 is 5.32 Å². The Bertz CT molecular complexity index is 825. The summed E-state index contributed by atoms with van der Waals surface area (Å²) in [5.41, 5.74) is 0.496. The molecule has 0 unspecified atom stereocenters. The van der Waals surface area contributed by atoms with Gasteiger partial charge in [0.15, 0.2) is 0 Å². The molecular weight excluding hydrogens is 359 g/mol. The number of nitrogens with one attached hydrogen (secondary N) is 1. The fourth-order valence-electron chi connectivity index (χ4n) is 1.86. The number of carbonyl (C=O) groups excluding carboxylic acids is 1. The Morgan fingerprint density at radius 1 is 1.09 bits per heavy atom. The second-order valence-electron chi connectivity index (χ2n) is 4.78. The third kappa shape index (κ3) is 4.68. The van der Waals surface area contributed by atoms with E-state index in [-0.39, 0.29) is 11.4 Å². The van der Waals surface area contributed by atoms with Crippen LogP contribution >= 0.6 is 23.2 Å². The molecule has 0 saturated carbocycles. The maximum absolute atomic E-state index is 12.4. The van der Waals surface area contributed by atoms with Gasteiger partial charge in [-0.15, -0.1) is 0 Å². The Labute approximate surface area is 144 Å². The fraction of sp³-hybridized carbons (Fsp3) is 0.133. The molecule has 8 heteroatoms. The molecule has 0 heterocycles. The van der Waals surface area contributed by atoms with Crippen LogP contribution in [-0.2, 0) is 14.8 Å². The summed E-state index contributed by atoms with van der Waals surface area (Å²) in [5, 5.41) is 3.38. The summed E-state index contributed by atoms with van der Waals surface area (Å²) in [6, 6.07) is 12.5. The van der Waals surface area contributed by atoms with Crippen LogP contribution in [0.5, 0.6) is 0 Å². The Kier molecular flexibility index (Phi) is 5.64. The number of amides is 1. The van der Waals surface area contributed by atoms with Gasteiger partial charge in [0.05, 0.1) is 11.4 Å². The predicted molar refractivity (Wildman–Crippen MR) is 91.3 cm³/mol. The molecule has 23 heavy (non-hydrogen) atoms. The summed E-state index contributed by atoms with van der Waals surface area (Å²) in [6.07, 6.45) is 0. The summed E-state index contributed by atoms with van der Waals surface area (Å²) < 4.78 is 25.7. The van der Waals surface area contributed by atoms with Gasteiger partial charge in [0.1, 0.15) is 0 Å². The summed E-state index contributed by atoms with van der Waals surface area (Å²) in [4.78, 5) is 12.0. The Hall–Kier alpha value is -1.60. The van der Waals surface area contributed by atoms with E-state index < -0.39 is 15.9 Å². The standard InChI is InChI=1S/C15H14Cl2N2O3S/c1-19(23(21,22)14-7-3-5-12(17)9-14)10-15(20)18-13-6-2-4-11(16)8-13/h2-9H,10H2,1H3,(H,18,20). The van der Waals surface area contributed by atoms with Gasteiger partial charge in [0.25, 0.3) is 0 Å². The van der Waals surface area contributed by atoms with Gasteiger partial charge in [-0.05, 0) is 36.4 Å². The van der Waals surface area contributed by atoms with Crippen LogP contribution in [0.3, 0.4) is 0 Å². The summed E-state index contributed by atoms with van der Waals surface area (Å²) in [7, 11) is -2.47. The number of benzene rings is 2. The van der Waals surface area contributed by atoms with E-state index in [1.165, 1.54) is 25.2 Å². The molecule has 5 nitrogen and oxygen atoms in total. The van der Waals surface area contributed by atoms with E-state index in [1.54, 1.807) is 30.3 Å². The maximum atomic E-state index is 12.4. The lowest BCUT2D eigenvalue weighted by Gasteiger charge is -2.17. The average molecular weight is 373 g/mol. The van der Waals surface area contributed by atoms with Crippen molar-refractivity contribution in [2.75, 3.05) is 18.9 Å². The smallest absolute Gasteiger partial charge is 0.243 e. The van der Waals surface area contributed by atoms with E-state index in [9.17, 15) is 13.2 Å². The number of sulfonamides is 1. The molecule has 0 atom stereocenters. The quantitative estimate of drug-likeness (QED) is 0.875. The zero-order chi connectivity index (χ0) is 17.0. The molecule has 2 aromatic carbocycles. The monoisotopic (exact) mass is 372 g/mol. The number of hydrogen-bond donors (Lipinski definition) is 1. The molecule has 122 valence electrons. The van der Waals surface area contributed by atoms with Crippen molar-refractivity contribution in [3.8, 4) is 0 Å². The SMILES string of the molecule is CN(CC(=O)Nc1cccc(Cl)c1)S(=O)(=O)c1cccc(Cl)c1. The molecule has 1 amide bonds. The second kappa shape index (κ2) is 7.31. The molecule has 0 bridgehead atoms. The number of rotatable bonds is 5. The first kappa shape index (κ1) is 17.7. The molecule has 0 aliphatic heterocycles. The zero-order valence-electron chi connectivity index (χ0n) is 12.2. The van der Waals surface area contributed by atoms with Crippen molar-refractivity contribution in [1.82, 2.24) is 4.31 Å². The molecule has 0 aliphatic rings. The Morgan fingerprint density at radius 3 is 2.30 bits per heavy atom. The summed E-state index contributed by atoms with van der Waals surface area (Å²) in [5.74, 6) is -0.472. The number of hydrogen-bond acceptors (Lipinski definition) is 3. The lowest BCUT2D eigenvalue weighted by atomic mass is 10.3. The Morgan fingerprint density at radius 2 is 1.70 bits per heavy atom. The first-order valence-electron chi connectivity index (χ1n) is 6.56. The van der Waals surface area contributed by atoms with E-state index >= 15 is 0 Å². The van der Waals surface area contributed by atoms with E-state index in [4.69, 9.17) is 23.2 Å². The van der Waals surface area contributed by atoms with Crippen molar-refractivity contribution in [3.63, 3.8) is 0 Å². The second-order valence-corrected chi connectivity index (χ2v) is 7.69. The molecule has 2 aromatic rings. The molecule has 0 radical (unpaired) electrons. The molecule has 0 fully saturated rings. The number of carbonyl (C=O) groups is 1. The van der Waals surface area contributed by atoms with Crippen LogP contribution in [-0.4, -0.2) is 32.2 Å². The van der Waals surface area contributed by atoms with E-state index in [2.05, 4.69) is 5.32 Å². The number of halogens is 2. The molecular formula is C15H14Cl2N2O3S. The van der Waals surface area contributed by atoms with Gasteiger partial charge in [0.2, 0.25) is 15.9 Å².